The monoisotopic (exact) mass is 258 g/mol. The first kappa shape index (κ1) is 13.1. The number of aromatic amines is 1. The van der Waals surface area contributed by atoms with Crippen LogP contribution in [0.2, 0.25) is 0 Å². The lowest BCUT2D eigenvalue weighted by molar-refractivity contribution is -0.114. The molecular weight excluding hydrogens is 240 g/mol. The molecule has 1 heterocycles. The molecule has 1 amide bonds. The van der Waals surface area contributed by atoms with Crippen molar-refractivity contribution in [2.24, 2.45) is 0 Å². The third-order valence-electron chi connectivity index (χ3n) is 2.71. The lowest BCUT2D eigenvalue weighted by Gasteiger charge is -2.05. The van der Waals surface area contributed by atoms with Crippen molar-refractivity contribution >= 4 is 17.4 Å². The summed E-state index contributed by atoms with van der Waals surface area (Å²) < 4.78 is 0. The molecule has 19 heavy (non-hydrogen) atoms. The Hall–Kier alpha value is -2.30. The molecule has 1 aromatic heterocycles. The fourth-order valence-corrected chi connectivity index (χ4v) is 1.62. The van der Waals surface area contributed by atoms with E-state index in [4.69, 9.17) is 0 Å². The highest BCUT2D eigenvalue weighted by molar-refractivity contribution is 5.92. The van der Waals surface area contributed by atoms with Gasteiger partial charge >= 0.3 is 0 Å². The number of nitrogens with one attached hydrogen (secondary N) is 3. The van der Waals surface area contributed by atoms with Gasteiger partial charge in [0.15, 0.2) is 5.82 Å². The summed E-state index contributed by atoms with van der Waals surface area (Å²) in [5.41, 5.74) is 1.92. The second-order valence-electron chi connectivity index (χ2n) is 4.63. The SMILES string of the molecule is CC(C)c1cc(NC(=O)CNc2ccccc2)n[nH]1. The number of carbonyl (C=O) groups is 1. The summed E-state index contributed by atoms with van der Waals surface area (Å²) in [6, 6.07) is 11.5. The number of hydrogen-bond acceptors (Lipinski definition) is 3. The highest BCUT2D eigenvalue weighted by Gasteiger charge is 2.07. The molecule has 0 unspecified atom stereocenters. The topological polar surface area (TPSA) is 69.8 Å². The highest BCUT2D eigenvalue weighted by Crippen LogP contribution is 2.14. The zero-order chi connectivity index (χ0) is 13.7. The average Bonchev–Trinajstić information content (AvgIpc) is 2.86. The van der Waals surface area contributed by atoms with Crippen molar-refractivity contribution in [2.45, 2.75) is 19.8 Å². The van der Waals surface area contributed by atoms with Crippen LogP contribution in [0, 0.1) is 0 Å². The van der Waals surface area contributed by atoms with E-state index in [0.29, 0.717) is 11.7 Å². The maximum atomic E-state index is 11.7. The smallest absolute Gasteiger partial charge is 0.244 e. The molecule has 0 radical (unpaired) electrons. The van der Waals surface area contributed by atoms with Gasteiger partial charge in [0, 0.05) is 17.4 Å². The van der Waals surface area contributed by atoms with Crippen LogP contribution in [-0.2, 0) is 4.79 Å². The number of aromatic nitrogens is 2. The number of amides is 1. The number of benzene rings is 1. The van der Waals surface area contributed by atoms with Crippen molar-refractivity contribution in [3.63, 3.8) is 0 Å². The van der Waals surface area contributed by atoms with Gasteiger partial charge in [0.05, 0.1) is 6.54 Å². The van der Waals surface area contributed by atoms with Gasteiger partial charge in [0.25, 0.3) is 0 Å². The third kappa shape index (κ3) is 3.84. The minimum absolute atomic E-state index is 0.120. The third-order valence-corrected chi connectivity index (χ3v) is 2.71. The van der Waals surface area contributed by atoms with Gasteiger partial charge in [-0.25, -0.2) is 0 Å². The molecule has 0 aliphatic rings. The van der Waals surface area contributed by atoms with E-state index in [-0.39, 0.29) is 12.5 Å². The van der Waals surface area contributed by atoms with E-state index < -0.39 is 0 Å². The quantitative estimate of drug-likeness (QED) is 0.772. The Balaban J connectivity index is 1.84. The Bertz CT molecular complexity index is 533. The summed E-state index contributed by atoms with van der Waals surface area (Å²) in [4.78, 5) is 11.7. The predicted octanol–water partition coefficient (Wildman–Crippen LogP) is 2.58. The molecule has 0 saturated heterocycles. The molecule has 2 aromatic rings. The molecule has 3 N–H and O–H groups in total. The standard InChI is InChI=1S/C14H18N4O/c1-10(2)12-8-13(18-17-12)16-14(19)9-15-11-6-4-3-5-7-11/h3-8,10,15H,9H2,1-2H3,(H2,16,17,18,19). The van der Waals surface area contributed by atoms with E-state index in [0.717, 1.165) is 11.4 Å². The second-order valence-corrected chi connectivity index (χ2v) is 4.63. The van der Waals surface area contributed by atoms with E-state index in [2.05, 4.69) is 34.7 Å². The number of rotatable bonds is 5. The number of para-hydroxylation sites is 1. The predicted molar refractivity (Wildman–Crippen MR) is 76.2 cm³/mol. The van der Waals surface area contributed by atoms with Crippen LogP contribution in [0.25, 0.3) is 0 Å². The molecule has 0 aliphatic carbocycles. The maximum Gasteiger partial charge on any atom is 0.244 e. The average molecular weight is 258 g/mol. The molecule has 5 heteroatoms. The van der Waals surface area contributed by atoms with Crippen LogP contribution >= 0.6 is 0 Å². The number of anilines is 2. The Morgan fingerprint density at radius 1 is 1.32 bits per heavy atom. The minimum atomic E-state index is -0.120. The van der Waals surface area contributed by atoms with Crippen LogP contribution in [0.15, 0.2) is 36.4 Å². The normalized spacial score (nSPS) is 10.5. The van der Waals surface area contributed by atoms with Crippen molar-refractivity contribution in [3.8, 4) is 0 Å². The minimum Gasteiger partial charge on any atom is -0.376 e. The molecule has 1 aromatic carbocycles. The molecule has 0 atom stereocenters. The van der Waals surface area contributed by atoms with Gasteiger partial charge in [0.1, 0.15) is 0 Å². The van der Waals surface area contributed by atoms with Crippen LogP contribution in [0.3, 0.4) is 0 Å². The van der Waals surface area contributed by atoms with Crippen molar-refractivity contribution in [3.05, 3.63) is 42.1 Å². The van der Waals surface area contributed by atoms with Crippen LogP contribution in [-0.4, -0.2) is 22.6 Å². The molecule has 0 bridgehead atoms. The van der Waals surface area contributed by atoms with Crippen molar-refractivity contribution in [1.29, 1.82) is 0 Å². The van der Waals surface area contributed by atoms with Crippen LogP contribution in [0.4, 0.5) is 11.5 Å². The second kappa shape index (κ2) is 6.04. The number of nitrogens with zero attached hydrogens (tertiary/aromatic N) is 1. The summed E-state index contributed by atoms with van der Waals surface area (Å²) in [7, 11) is 0. The Morgan fingerprint density at radius 3 is 2.68 bits per heavy atom. The van der Waals surface area contributed by atoms with Gasteiger partial charge in [-0.15, -0.1) is 0 Å². The van der Waals surface area contributed by atoms with Gasteiger partial charge in [-0.05, 0) is 18.1 Å². The zero-order valence-corrected chi connectivity index (χ0v) is 11.1. The lowest BCUT2D eigenvalue weighted by Crippen LogP contribution is -2.21. The van der Waals surface area contributed by atoms with Crippen molar-refractivity contribution in [2.75, 3.05) is 17.2 Å². The van der Waals surface area contributed by atoms with Crippen LogP contribution < -0.4 is 10.6 Å². The van der Waals surface area contributed by atoms with Crippen LogP contribution in [0.1, 0.15) is 25.5 Å². The van der Waals surface area contributed by atoms with Gasteiger partial charge in [0.2, 0.25) is 5.91 Å². The summed E-state index contributed by atoms with van der Waals surface area (Å²) in [6.07, 6.45) is 0. The molecule has 0 spiro atoms. The zero-order valence-electron chi connectivity index (χ0n) is 11.1. The van der Waals surface area contributed by atoms with E-state index >= 15 is 0 Å². The highest BCUT2D eigenvalue weighted by atomic mass is 16.2. The van der Waals surface area contributed by atoms with Gasteiger partial charge in [-0.1, -0.05) is 32.0 Å². The van der Waals surface area contributed by atoms with Crippen molar-refractivity contribution < 1.29 is 4.79 Å². The number of hydrogen-bond donors (Lipinski definition) is 3. The van der Waals surface area contributed by atoms with Gasteiger partial charge in [-0.2, -0.15) is 5.10 Å². The summed E-state index contributed by atoms with van der Waals surface area (Å²) in [6.45, 7) is 4.35. The molecular formula is C14H18N4O. The van der Waals surface area contributed by atoms with E-state index in [1.54, 1.807) is 0 Å². The van der Waals surface area contributed by atoms with Gasteiger partial charge in [-0.3, -0.25) is 9.89 Å². The van der Waals surface area contributed by atoms with E-state index in [1.165, 1.54) is 0 Å². The van der Waals surface area contributed by atoms with Gasteiger partial charge < -0.3 is 10.6 Å². The molecule has 100 valence electrons. The molecule has 0 fully saturated rings. The lowest BCUT2D eigenvalue weighted by atomic mass is 10.1. The fraction of sp³-hybridized carbons (Fsp3) is 0.286. The molecule has 2 rings (SSSR count). The maximum absolute atomic E-state index is 11.7. The fourth-order valence-electron chi connectivity index (χ4n) is 1.62. The molecule has 0 aliphatic heterocycles. The first-order chi connectivity index (χ1) is 9.15. The molecule has 0 saturated carbocycles. The first-order valence-corrected chi connectivity index (χ1v) is 6.29. The Kier molecular flexibility index (Phi) is 4.18. The summed E-state index contributed by atoms with van der Waals surface area (Å²) in [5, 5.41) is 12.7. The first-order valence-electron chi connectivity index (χ1n) is 6.29. The van der Waals surface area contributed by atoms with Crippen molar-refractivity contribution in [1.82, 2.24) is 10.2 Å². The summed E-state index contributed by atoms with van der Waals surface area (Å²) in [5.74, 6) is 0.801. The number of H-pyrrole nitrogens is 1. The van der Waals surface area contributed by atoms with Crippen LogP contribution in [0.5, 0.6) is 0 Å². The summed E-state index contributed by atoms with van der Waals surface area (Å²) >= 11 is 0. The largest absolute Gasteiger partial charge is 0.376 e. The Morgan fingerprint density at radius 2 is 2.05 bits per heavy atom. The Labute approximate surface area is 112 Å². The van der Waals surface area contributed by atoms with E-state index in [9.17, 15) is 4.79 Å². The van der Waals surface area contributed by atoms with E-state index in [1.807, 2.05) is 36.4 Å². The molecule has 5 nitrogen and oxygen atoms in total. The number of carbonyl (C=O) groups excluding carboxylic acids is 1.